The van der Waals surface area contributed by atoms with E-state index in [1.54, 1.807) is 17.9 Å². The molecule has 2 atom stereocenters. The van der Waals surface area contributed by atoms with E-state index < -0.39 is 11.9 Å². The summed E-state index contributed by atoms with van der Waals surface area (Å²) in [6.45, 7) is 6.00. The van der Waals surface area contributed by atoms with Gasteiger partial charge in [-0.1, -0.05) is 17.7 Å². The molecule has 6 nitrogen and oxygen atoms in total. The monoisotopic (exact) mass is 463 g/mol. The number of likely N-dealkylation sites (tertiary alicyclic amines) is 1. The third-order valence-electron chi connectivity index (χ3n) is 7.25. The Labute approximate surface area is 193 Å². The summed E-state index contributed by atoms with van der Waals surface area (Å²) >= 11 is 5.68. The molecular weight excluding hydrogens is 433 g/mol. The quantitative estimate of drug-likeness (QED) is 0.659. The lowest BCUT2D eigenvalue weighted by Crippen LogP contribution is -2.57. The maximum Gasteiger partial charge on any atom is 0.247 e. The van der Waals surface area contributed by atoms with Gasteiger partial charge in [-0.15, -0.1) is 0 Å². The number of amides is 2. The van der Waals surface area contributed by atoms with Gasteiger partial charge < -0.3 is 19.8 Å². The molecule has 1 N–H and O–H groups in total. The minimum absolute atomic E-state index is 0.0344. The van der Waals surface area contributed by atoms with Crippen LogP contribution in [-0.4, -0.2) is 83.0 Å². The lowest BCUT2D eigenvalue weighted by molar-refractivity contribution is -0.148. The lowest BCUT2D eigenvalue weighted by Gasteiger charge is -2.39. The maximum atomic E-state index is 13.6. The van der Waals surface area contributed by atoms with Crippen LogP contribution >= 0.6 is 11.6 Å². The Morgan fingerprint density at radius 2 is 2.03 bits per heavy atom. The first-order valence-electron chi connectivity index (χ1n) is 11.4. The molecule has 32 heavy (non-hydrogen) atoms. The largest absolute Gasteiger partial charge is 0.391 e. The smallest absolute Gasteiger partial charge is 0.247 e. The van der Waals surface area contributed by atoms with Crippen LogP contribution in [0.1, 0.15) is 38.2 Å². The Hall–Kier alpha value is -1.96. The van der Waals surface area contributed by atoms with Crippen molar-refractivity contribution in [1.82, 2.24) is 14.7 Å². The fraction of sp³-hybridized carbons (Fsp3) is 0.583. The van der Waals surface area contributed by atoms with Crippen LogP contribution in [0.2, 0.25) is 5.02 Å². The second kappa shape index (κ2) is 9.49. The van der Waals surface area contributed by atoms with Crippen molar-refractivity contribution in [3.05, 3.63) is 40.7 Å². The Balaban J connectivity index is 1.24. The van der Waals surface area contributed by atoms with Gasteiger partial charge in [0.1, 0.15) is 11.9 Å². The Kier molecular flexibility index (Phi) is 6.89. The molecule has 0 radical (unpaired) electrons. The standard InChI is InChI=1S/C24H31ClFN3O3/c1-17-23(32)28(11-2-10-27-12-9-24(7-8-24)21(30)16-27)13-14-29(17)22(31)6-4-18-3-5-19(25)20(26)15-18/h3-6,15,17,21,30H,2,7-14,16H2,1H3/b6-4+/t17?,21-/m1/s1. The van der Waals surface area contributed by atoms with Crippen molar-refractivity contribution in [2.24, 2.45) is 5.41 Å². The molecule has 174 valence electrons. The average Bonchev–Trinajstić information content (AvgIpc) is 3.55. The number of hydrogen-bond donors (Lipinski definition) is 1. The minimum Gasteiger partial charge on any atom is -0.391 e. The molecule has 2 aliphatic heterocycles. The summed E-state index contributed by atoms with van der Waals surface area (Å²) in [4.78, 5) is 31.1. The van der Waals surface area contributed by atoms with Crippen LogP contribution in [-0.2, 0) is 9.59 Å². The highest BCUT2D eigenvalue weighted by Crippen LogP contribution is 2.53. The van der Waals surface area contributed by atoms with Gasteiger partial charge in [0, 0.05) is 32.3 Å². The Morgan fingerprint density at radius 1 is 1.25 bits per heavy atom. The summed E-state index contributed by atoms with van der Waals surface area (Å²) in [7, 11) is 0. The van der Waals surface area contributed by atoms with E-state index in [0.717, 1.165) is 45.3 Å². The summed E-state index contributed by atoms with van der Waals surface area (Å²) in [5.74, 6) is -0.854. The van der Waals surface area contributed by atoms with Gasteiger partial charge in [-0.3, -0.25) is 9.59 Å². The first-order valence-corrected chi connectivity index (χ1v) is 11.8. The molecule has 0 bridgehead atoms. The fourth-order valence-electron chi connectivity index (χ4n) is 4.84. The SMILES string of the molecule is CC1C(=O)N(CCCN2CCC3(CC3)[C@H](O)C2)CCN1C(=O)/C=C/c1ccc(Cl)c(F)c1. The van der Waals surface area contributed by atoms with E-state index in [1.807, 2.05) is 4.90 Å². The highest BCUT2D eigenvalue weighted by Gasteiger charge is 2.51. The molecule has 1 saturated carbocycles. The number of aliphatic hydroxyl groups is 1. The van der Waals surface area contributed by atoms with E-state index >= 15 is 0 Å². The summed E-state index contributed by atoms with van der Waals surface area (Å²) < 4.78 is 13.6. The summed E-state index contributed by atoms with van der Waals surface area (Å²) in [6, 6.07) is 3.81. The highest BCUT2D eigenvalue weighted by atomic mass is 35.5. The number of β-amino-alcohol motifs (C(OH)–C–C–N with tert-alkyl or cyclic N) is 1. The van der Waals surface area contributed by atoms with E-state index in [2.05, 4.69) is 4.90 Å². The van der Waals surface area contributed by atoms with E-state index in [0.29, 0.717) is 25.2 Å². The molecule has 2 saturated heterocycles. The molecule has 1 aromatic carbocycles. The van der Waals surface area contributed by atoms with Crippen molar-refractivity contribution in [3.8, 4) is 0 Å². The van der Waals surface area contributed by atoms with Gasteiger partial charge in [-0.2, -0.15) is 0 Å². The van der Waals surface area contributed by atoms with Crippen molar-refractivity contribution in [1.29, 1.82) is 0 Å². The van der Waals surface area contributed by atoms with Crippen molar-refractivity contribution in [3.63, 3.8) is 0 Å². The number of piperidine rings is 1. The number of rotatable bonds is 6. The van der Waals surface area contributed by atoms with Gasteiger partial charge in [-0.25, -0.2) is 4.39 Å². The van der Waals surface area contributed by atoms with Crippen molar-refractivity contribution in [2.75, 3.05) is 39.3 Å². The molecule has 2 heterocycles. The van der Waals surface area contributed by atoms with E-state index in [9.17, 15) is 19.1 Å². The number of halogens is 2. The van der Waals surface area contributed by atoms with Gasteiger partial charge in [0.25, 0.3) is 0 Å². The third-order valence-corrected chi connectivity index (χ3v) is 7.56. The third kappa shape index (κ3) is 5.00. The van der Waals surface area contributed by atoms with Gasteiger partial charge in [-0.05, 0) is 74.9 Å². The van der Waals surface area contributed by atoms with E-state index in [4.69, 9.17) is 11.6 Å². The zero-order valence-electron chi connectivity index (χ0n) is 18.5. The van der Waals surface area contributed by atoms with Gasteiger partial charge in [0.15, 0.2) is 0 Å². The fourth-order valence-corrected chi connectivity index (χ4v) is 4.96. The van der Waals surface area contributed by atoms with E-state index in [-0.39, 0.29) is 28.4 Å². The molecule has 3 fully saturated rings. The van der Waals surface area contributed by atoms with Crippen LogP contribution in [0.5, 0.6) is 0 Å². The second-order valence-electron chi connectivity index (χ2n) is 9.32. The summed E-state index contributed by atoms with van der Waals surface area (Å²) in [6.07, 6.45) is 6.92. The molecule has 1 aliphatic carbocycles. The van der Waals surface area contributed by atoms with Crippen LogP contribution in [0.15, 0.2) is 24.3 Å². The molecule has 4 rings (SSSR count). The second-order valence-corrected chi connectivity index (χ2v) is 9.73. The zero-order valence-corrected chi connectivity index (χ0v) is 19.2. The average molecular weight is 464 g/mol. The topological polar surface area (TPSA) is 64.1 Å². The van der Waals surface area contributed by atoms with Crippen LogP contribution < -0.4 is 0 Å². The Morgan fingerprint density at radius 3 is 2.72 bits per heavy atom. The van der Waals surface area contributed by atoms with Crippen molar-refractivity contribution < 1.29 is 19.1 Å². The number of carbonyl (C=O) groups is 2. The number of carbonyl (C=O) groups excluding carboxylic acids is 2. The molecule has 2 amide bonds. The molecule has 1 unspecified atom stereocenters. The van der Waals surface area contributed by atoms with Crippen LogP contribution in [0, 0.1) is 11.2 Å². The predicted molar refractivity (Wildman–Crippen MR) is 122 cm³/mol. The number of piperazine rings is 1. The minimum atomic E-state index is -0.537. The Bertz CT molecular complexity index is 904. The first kappa shape index (κ1) is 23.2. The zero-order chi connectivity index (χ0) is 22.9. The molecule has 1 spiro atoms. The van der Waals surface area contributed by atoms with Gasteiger partial charge in [0.05, 0.1) is 11.1 Å². The van der Waals surface area contributed by atoms with Crippen molar-refractivity contribution in [2.45, 2.75) is 44.8 Å². The van der Waals surface area contributed by atoms with Gasteiger partial charge >= 0.3 is 0 Å². The van der Waals surface area contributed by atoms with Gasteiger partial charge in [0.2, 0.25) is 11.8 Å². The van der Waals surface area contributed by atoms with Crippen molar-refractivity contribution >= 4 is 29.5 Å². The molecule has 3 aliphatic rings. The number of benzene rings is 1. The maximum absolute atomic E-state index is 13.6. The molecule has 0 aromatic heterocycles. The molecule has 1 aromatic rings. The predicted octanol–water partition coefficient (Wildman–Crippen LogP) is 2.79. The first-order chi connectivity index (χ1) is 15.3. The lowest BCUT2D eigenvalue weighted by atomic mass is 9.90. The van der Waals surface area contributed by atoms with Crippen LogP contribution in [0.4, 0.5) is 4.39 Å². The van der Waals surface area contributed by atoms with E-state index in [1.165, 1.54) is 24.3 Å². The highest BCUT2D eigenvalue weighted by molar-refractivity contribution is 6.30. The van der Waals surface area contributed by atoms with Crippen LogP contribution in [0.3, 0.4) is 0 Å². The normalized spacial score (nSPS) is 25.7. The van der Waals surface area contributed by atoms with Crippen LogP contribution in [0.25, 0.3) is 6.08 Å². The summed E-state index contributed by atoms with van der Waals surface area (Å²) in [5.41, 5.74) is 0.745. The molecule has 8 heteroatoms. The molecular formula is C24H31ClFN3O3. The number of aliphatic hydroxyl groups excluding tert-OH is 1. The summed E-state index contributed by atoms with van der Waals surface area (Å²) in [5, 5.41) is 10.4. The number of hydrogen-bond acceptors (Lipinski definition) is 4. The number of nitrogens with zero attached hydrogens (tertiary/aromatic N) is 3.